The molecule has 1 unspecified atom stereocenters. The van der Waals surface area contributed by atoms with E-state index in [9.17, 15) is 0 Å². The van der Waals surface area contributed by atoms with Crippen molar-refractivity contribution < 1.29 is 4.74 Å². The largest absolute Gasteiger partial charge is 0.497 e. The van der Waals surface area contributed by atoms with E-state index in [4.69, 9.17) is 17.0 Å². The molecule has 0 bridgehead atoms. The van der Waals surface area contributed by atoms with Crippen LogP contribution in [0.1, 0.15) is 30.5 Å². The average Bonchev–Trinajstić information content (AvgIpc) is 3.27. The second kappa shape index (κ2) is 10.6. The third kappa shape index (κ3) is 6.32. The zero-order valence-corrected chi connectivity index (χ0v) is 17.8. The Morgan fingerprint density at radius 1 is 1.17 bits per heavy atom. The van der Waals surface area contributed by atoms with E-state index in [1.807, 2.05) is 36.9 Å². The van der Waals surface area contributed by atoms with Gasteiger partial charge in [0.15, 0.2) is 5.11 Å². The van der Waals surface area contributed by atoms with E-state index in [2.05, 4.69) is 63.1 Å². The van der Waals surface area contributed by atoms with Crippen LogP contribution in [0, 0.1) is 0 Å². The van der Waals surface area contributed by atoms with Crippen molar-refractivity contribution in [1.82, 2.24) is 19.8 Å². The molecule has 152 valence electrons. The number of methoxy groups -OCH3 is 1. The molecule has 29 heavy (non-hydrogen) atoms. The molecule has 0 saturated heterocycles. The summed E-state index contributed by atoms with van der Waals surface area (Å²) >= 11 is 5.78. The highest BCUT2D eigenvalue weighted by atomic mass is 32.1. The third-order valence-corrected chi connectivity index (χ3v) is 5.24. The zero-order valence-electron chi connectivity index (χ0n) is 17.0. The van der Waals surface area contributed by atoms with Gasteiger partial charge in [-0.2, -0.15) is 0 Å². The minimum absolute atomic E-state index is 0.149. The molecule has 3 aromatic rings. The molecule has 1 aromatic heterocycles. The van der Waals surface area contributed by atoms with Crippen molar-refractivity contribution in [2.75, 3.05) is 13.7 Å². The molecule has 5 nitrogen and oxygen atoms in total. The molecule has 0 radical (unpaired) electrons. The van der Waals surface area contributed by atoms with Gasteiger partial charge >= 0.3 is 0 Å². The summed E-state index contributed by atoms with van der Waals surface area (Å²) in [6, 6.07) is 18.7. The molecule has 2 aromatic carbocycles. The first kappa shape index (κ1) is 20.9. The summed E-state index contributed by atoms with van der Waals surface area (Å²) in [5, 5.41) is 4.26. The van der Waals surface area contributed by atoms with Gasteiger partial charge in [-0.1, -0.05) is 42.5 Å². The highest BCUT2D eigenvalue weighted by Gasteiger charge is 2.14. The number of imidazole rings is 1. The molecule has 0 saturated carbocycles. The third-order valence-electron chi connectivity index (χ3n) is 4.86. The Balaban J connectivity index is 1.65. The Morgan fingerprint density at radius 3 is 2.59 bits per heavy atom. The number of rotatable bonds is 9. The van der Waals surface area contributed by atoms with Crippen LogP contribution in [0.15, 0.2) is 73.3 Å². The van der Waals surface area contributed by atoms with E-state index < -0.39 is 0 Å². The fourth-order valence-electron chi connectivity index (χ4n) is 3.17. The maximum atomic E-state index is 5.78. The second-order valence-corrected chi connectivity index (χ2v) is 7.39. The van der Waals surface area contributed by atoms with Gasteiger partial charge in [0.1, 0.15) is 5.75 Å². The predicted octanol–water partition coefficient (Wildman–Crippen LogP) is 4.42. The number of hydrogen-bond acceptors (Lipinski definition) is 3. The summed E-state index contributed by atoms with van der Waals surface area (Å²) in [5.41, 5.74) is 2.42. The molecule has 0 fully saturated rings. The lowest BCUT2D eigenvalue weighted by Crippen LogP contribution is -2.41. The van der Waals surface area contributed by atoms with E-state index in [1.54, 1.807) is 7.11 Å². The van der Waals surface area contributed by atoms with Gasteiger partial charge in [-0.25, -0.2) is 4.98 Å². The van der Waals surface area contributed by atoms with E-state index in [0.717, 1.165) is 36.9 Å². The van der Waals surface area contributed by atoms with Crippen molar-refractivity contribution in [3.63, 3.8) is 0 Å². The van der Waals surface area contributed by atoms with Crippen LogP contribution in [0.4, 0.5) is 0 Å². The lowest BCUT2D eigenvalue weighted by atomic mass is 10.1. The Morgan fingerprint density at radius 2 is 1.93 bits per heavy atom. The molecule has 1 atom stereocenters. The number of benzene rings is 2. The summed E-state index contributed by atoms with van der Waals surface area (Å²) in [4.78, 5) is 6.34. The Kier molecular flexibility index (Phi) is 7.64. The second-order valence-electron chi connectivity index (χ2n) is 7.01. The van der Waals surface area contributed by atoms with Gasteiger partial charge in [-0.3, -0.25) is 0 Å². The van der Waals surface area contributed by atoms with Crippen LogP contribution in [0.5, 0.6) is 5.75 Å². The minimum atomic E-state index is 0.149. The number of nitrogens with zero attached hydrogens (tertiary/aromatic N) is 3. The topological polar surface area (TPSA) is 42.3 Å². The molecule has 0 aliphatic heterocycles. The number of hydrogen-bond donors (Lipinski definition) is 1. The maximum absolute atomic E-state index is 5.78. The molecule has 0 spiro atoms. The van der Waals surface area contributed by atoms with Crippen LogP contribution in [0.2, 0.25) is 0 Å². The molecule has 0 aliphatic rings. The quantitative estimate of drug-likeness (QED) is 0.531. The standard InChI is InChI=1S/C23H28N4OS/c1-19(21-7-4-3-5-8-21)25-23(29)27(15-6-14-26-16-13-24-18-26)17-20-9-11-22(28-2)12-10-20/h3-5,7-13,16,18-19H,6,14-15,17H2,1-2H3,(H,25,29). The minimum Gasteiger partial charge on any atom is -0.497 e. The van der Waals surface area contributed by atoms with Crippen LogP contribution < -0.4 is 10.1 Å². The van der Waals surface area contributed by atoms with Gasteiger partial charge in [-0.15, -0.1) is 0 Å². The number of thiocarbonyl (C=S) groups is 1. The smallest absolute Gasteiger partial charge is 0.169 e. The molecule has 6 heteroatoms. The molecular formula is C23H28N4OS. The van der Waals surface area contributed by atoms with Gasteiger partial charge < -0.3 is 19.5 Å². The monoisotopic (exact) mass is 408 g/mol. The van der Waals surface area contributed by atoms with Crippen molar-refractivity contribution in [2.24, 2.45) is 0 Å². The fourth-order valence-corrected chi connectivity index (χ4v) is 3.50. The lowest BCUT2D eigenvalue weighted by Gasteiger charge is -2.28. The Bertz CT molecular complexity index is 866. The molecule has 3 rings (SSSR count). The Hall–Kier alpha value is -2.86. The molecular weight excluding hydrogens is 380 g/mol. The van der Waals surface area contributed by atoms with Crippen molar-refractivity contribution in [3.05, 3.63) is 84.4 Å². The maximum Gasteiger partial charge on any atom is 0.169 e. The van der Waals surface area contributed by atoms with Crippen molar-refractivity contribution >= 4 is 17.3 Å². The SMILES string of the molecule is COc1ccc(CN(CCCn2ccnc2)C(=S)NC(C)c2ccccc2)cc1. The van der Waals surface area contributed by atoms with Crippen LogP contribution in [0.25, 0.3) is 0 Å². The van der Waals surface area contributed by atoms with Gasteiger partial charge in [0.2, 0.25) is 0 Å². The Labute approximate surface area is 178 Å². The average molecular weight is 409 g/mol. The molecule has 1 heterocycles. The molecule has 0 amide bonds. The lowest BCUT2D eigenvalue weighted by molar-refractivity contribution is 0.379. The first-order valence-corrected chi connectivity index (χ1v) is 10.3. The van der Waals surface area contributed by atoms with Gasteiger partial charge in [0.05, 0.1) is 19.5 Å². The van der Waals surface area contributed by atoms with Crippen LogP contribution in [-0.4, -0.2) is 33.2 Å². The highest BCUT2D eigenvalue weighted by Crippen LogP contribution is 2.16. The zero-order chi connectivity index (χ0) is 20.5. The normalized spacial score (nSPS) is 11.7. The first-order chi connectivity index (χ1) is 14.2. The highest BCUT2D eigenvalue weighted by molar-refractivity contribution is 7.80. The summed E-state index contributed by atoms with van der Waals surface area (Å²) in [6.45, 7) is 4.66. The van der Waals surface area contributed by atoms with E-state index in [0.29, 0.717) is 0 Å². The number of aromatic nitrogens is 2. The van der Waals surface area contributed by atoms with Crippen molar-refractivity contribution in [3.8, 4) is 5.75 Å². The first-order valence-electron chi connectivity index (χ1n) is 9.85. The summed E-state index contributed by atoms with van der Waals surface area (Å²) in [5.74, 6) is 0.860. The van der Waals surface area contributed by atoms with Gasteiger partial charge in [0, 0.05) is 32.0 Å². The summed E-state index contributed by atoms with van der Waals surface area (Å²) in [6.07, 6.45) is 6.63. The van der Waals surface area contributed by atoms with Crippen molar-refractivity contribution in [2.45, 2.75) is 32.5 Å². The predicted molar refractivity (Wildman–Crippen MR) is 121 cm³/mol. The van der Waals surface area contributed by atoms with E-state index in [-0.39, 0.29) is 6.04 Å². The van der Waals surface area contributed by atoms with Crippen LogP contribution in [0.3, 0.4) is 0 Å². The fraction of sp³-hybridized carbons (Fsp3) is 0.304. The van der Waals surface area contributed by atoms with Crippen molar-refractivity contribution in [1.29, 1.82) is 0 Å². The van der Waals surface area contributed by atoms with Gasteiger partial charge in [0.25, 0.3) is 0 Å². The number of nitrogens with one attached hydrogen (secondary N) is 1. The van der Waals surface area contributed by atoms with E-state index >= 15 is 0 Å². The number of ether oxygens (including phenoxy) is 1. The van der Waals surface area contributed by atoms with E-state index in [1.165, 1.54) is 11.1 Å². The molecule has 1 N–H and O–H groups in total. The number of aryl methyl sites for hydroxylation is 1. The summed E-state index contributed by atoms with van der Waals surface area (Å²) in [7, 11) is 1.68. The van der Waals surface area contributed by atoms with Crippen LogP contribution >= 0.6 is 12.2 Å². The summed E-state index contributed by atoms with van der Waals surface area (Å²) < 4.78 is 7.36. The van der Waals surface area contributed by atoms with Gasteiger partial charge in [-0.05, 0) is 48.8 Å². The molecule has 0 aliphatic carbocycles. The van der Waals surface area contributed by atoms with Crippen LogP contribution in [-0.2, 0) is 13.1 Å².